The van der Waals surface area contributed by atoms with E-state index in [1.165, 1.54) is 0 Å². The van der Waals surface area contributed by atoms with Crippen molar-refractivity contribution in [3.05, 3.63) is 0 Å². The first kappa shape index (κ1) is 10.4. The quantitative estimate of drug-likeness (QED) is 0.627. The Bertz CT molecular complexity index is 282. The van der Waals surface area contributed by atoms with Gasteiger partial charge in [0.05, 0.1) is 5.25 Å². The topological polar surface area (TPSA) is 37.4 Å². The highest BCUT2D eigenvalue weighted by molar-refractivity contribution is 9.12. The largest absolute Gasteiger partial charge is 0.217 e. The van der Waals surface area contributed by atoms with E-state index in [1.54, 1.807) is 4.31 Å². The lowest BCUT2D eigenvalue weighted by Crippen LogP contribution is -2.32. The minimum atomic E-state index is -2.96. The second-order valence-corrected chi connectivity index (χ2v) is 8.15. The number of hydrogen-bond acceptors (Lipinski definition) is 2. The normalized spacial score (nSPS) is 48.8. The van der Waals surface area contributed by atoms with Gasteiger partial charge in [-0.1, -0.05) is 31.9 Å². The van der Waals surface area contributed by atoms with Gasteiger partial charge in [0, 0.05) is 22.7 Å². The standard InChI is InChI=1S/C7H11Br2NO2S/c8-6-3-5-1-2-10(4-7(6)9)13(5,11)12/h5-7H,1-4H2/t5-,6+,7+/m0/s1. The van der Waals surface area contributed by atoms with Gasteiger partial charge in [-0.15, -0.1) is 0 Å². The van der Waals surface area contributed by atoms with Gasteiger partial charge in [0.25, 0.3) is 0 Å². The molecule has 0 spiro atoms. The van der Waals surface area contributed by atoms with E-state index < -0.39 is 10.0 Å². The molecular formula is C7H11Br2NO2S. The van der Waals surface area contributed by atoms with Crippen LogP contribution in [0.25, 0.3) is 0 Å². The van der Waals surface area contributed by atoms with E-state index in [1.807, 2.05) is 0 Å². The molecule has 2 saturated heterocycles. The van der Waals surface area contributed by atoms with Crippen molar-refractivity contribution in [2.24, 2.45) is 0 Å². The molecule has 0 radical (unpaired) electrons. The van der Waals surface area contributed by atoms with Crippen molar-refractivity contribution in [2.45, 2.75) is 27.7 Å². The molecule has 6 heteroatoms. The molecule has 4 atom stereocenters. The van der Waals surface area contributed by atoms with Crippen molar-refractivity contribution in [1.82, 2.24) is 4.31 Å². The summed E-state index contributed by atoms with van der Waals surface area (Å²) in [6, 6.07) is 0. The fourth-order valence-electron chi connectivity index (χ4n) is 1.92. The molecule has 2 aliphatic heterocycles. The first-order valence-electron chi connectivity index (χ1n) is 4.29. The smallest absolute Gasteiger partial charge is 0.212 e. The van der Waals surface area contributed by atoms with Gasteiger partial charge < -0.3 is 0 Å². The van der Waals surface area contributed by atoms with Crippen LogP contribution in [0.4, 0.5) is 0 Å². The minimum absolute atomic E-state index is 0.153. The third-order valence-corrected chi connectivity index (χ3v) is 7.71. The summed E-state index contributed by atoms with van der Waals surface area (Å²) < 4.78 is 25.2. The summed E-state index contributed by atoms with van der Waals surface area (Å²) >= 11 is 7.02. The Labute approximate surface area is 95.2 Å². The molecule has 2 heterocycles. The second-order valence-electron chi connectivity index (χ2n) is 3.58. The van der Waals surface area contributed by atoms with E-state index in [2.05, 4.69) is 31.9 Å². The van der Waals surface area contributed by atoms with Crippen molar-refractivity contribution < 1.29 is 8.42 Å². The van der Waals surface area contributed by atoms with Gasteiger partial charge in [0.2, 0.25) is 10.0 Å². The number of nitrogens with zero attached hydrogens (tertiary/aromatic N) is 1. The van der Waals surface area contributed by atoms with Gasteiger partial charge >= 0.3 is 0 Å². The molecule has 0 amide bonds. The van der Waals surface area contributed by atoms with E-state index in [0.717, 1.165) is 12.8 Å². The van der Waals surface area contributed by atoms with Crippen LogP contribution in [0.1, 0.15) is 12.8 Å². The zero-order chi connectivity index (χ0) is 9.64. The first-order valence-corrected chi connectivity index (χ1v) is 7.62. The average molecular weight is 333 g/mol. The highest BCUT2D eigenvalue weighted by Crippen LogP contribution is 2.35. The molecule has 0 N–H and O–H groups in total. The molecule has 2 bridgehead atoms. The molecule has 2 aliphatic rings. The molecule has 13 heavy (non-hydrogen) atoms. The lowest BCUT2D eigenvalue weighted by atomic mass is 10.1. The maximum absolute atomic E-state index is 11.8. The van der Waals surface area contributed by atoms with Crippen molar-refractivity contribution in [1.29, 1.82) is 0 Å². The summed E-state index contributed by atoms with van der Waals surface area (Å²) in [6.45, 7) is 1.31. The fourth-order valence-corrected chi connectivity index (χ4v) is 5.54. The van der Waals surface area contributed by atoms with Gasteiger partial charge in [-0.05, 0) is 12.8 Å². The lowest BCUT2D eigenvalue weighted by molar-refractivity contribution is 0.435. The van der Waals surface area contributed by atoms with Crippen molar-refractivity contribution >= 4 is 41.9 Å². The van der Waals surface area contributed by atoms with Crippen LogP contribution in [0.15, 0.2) is 0 Å². The summed E-state index contributed by atoms with van der Waals surface area (Å²) in [5, 5.41) is -0.153. The fraction of sp³-hybridized carbons (Fsp3) is 1.00. The highest BCUT2D eigenvalue weighted by atomic mass is 79.9. The van der Waals surface area contributed by atoms with Crippen LogP contribution in [-0.4, -0.2) is 40.7 Å². The number of hydrogen-bond donors (Lipinski definition) is 0. The summed E-state index contributed by atoms with van der Waals surface area (Å²) in [5.74, 6) is 0. The van der Waals surface area contributed by atoms with Crippen LogP contribution >= 0.6 is 31.9 Å². The van der Waals surface area contributed by atoms with Gasteiger partial charge in [-0.2, -0.15) is 0 Å². The van der Waals surface area contributed by atoms with Crippen molar-refractivity contribution in [3.63, 3.8) is 0 Å². The number of rotatable bonds is 0. The average Bonchev–Trinajstić information content (AvgIpc) is 2.25. The molecule has 1 unspecified atom stereocenters. The SMILES string of the molecule is O=S1(=O)[C@H]2CCN1C[C@@H](Br)[C@H](Br)C2. The Kier molecular flexibility index (Phi) is 2.77. The minimum Gasteiger partial charge on any atom is -0.212 e. The zero-order valence-corrected chi connectivity index (χ0v) is 11.0. The third-order valence-electron chi connectivity index (χ3n) is 2.74. The molecule has 2 fully saturated rings. The molecule has 2 rings (SSSR count). The van der Waals surface area contributed by atoms with Crippen LogP contribution in [0.3, 0.4) is 0 Å². The van der Waals surface area contributed by atoms with Gasteiger partial charge in [0.15, 0.2) is 0 Å². The number of alkyl halides is 2. The molecule has 0 aromatic carbocycles. The van der Waals surface area contributed by atoms with E-state index >= 15 is 0 Å². The predicted molar refractivity (Wildman–Crippen MR) is 58.9 cm³/mol. The number of halogens is 2. The van der Waals surface area contributed by atoms with Crippen molar-refractivity contribution in [3.8, 4) is 0 Å². The van der Waals surface area contributed by atoms with Gasteiger partial charge in [0.1, 0.15) is 0 Å². The van der Waals surface area contributed by atoms with E-state index in [-0.39, 0.29) is 14.9 Å². The van der Waals surface area contributed by atoms with Crippen LogP contribution in [0.2, 0.25) is 0 Å². The summed E-state index contributed by atoms with van der Waals surface area (Å²) in [5.41, 5.74) is 0. The van der Waals surface area contributed by atoms with Crippen LogP contribution < -0.4 is 0 Å². The Morgan fingerprint density at radius 1 is 1.23 bits per heavy atom. The van der Waals surface area contributed by atoms with E-state index in [0.29, 0.717) is 13.1 Å². The molecule has 0 aromatic rings. The van der Waals surface area contributed by atoms with E-state index in [9.17, 15) is 8.42 Å². The monoisotopic (exact) mass is 331 g/mol. The summed E-state index contributed by atoms with van der Waals surface area (Å²) in [7, 11) is -2.96. The summed E-state index contributed by atoms with van der Waals surface area (Å²) in [6.07, 6.45) is 1.53. The lowest BCUT2D eigenvalue weighted by Gasteiger charge is -2.18. The molecule has 0 aromatic heterocycles. The molecule has 0 saturated carbocycles. The Balaban J connectivity index is 2.31. The van der Waals surface area contributed by atoms with Gasteiger partial charge in [-0.3, -0.25) is 0 Å². The zero-order valence-electron chi connectivity index (χ0n) is 6.99. The molecular weight excluding hydrogens is 322 g/mol. The van der Waals surface area contributed by atoms with Gasteiger partial charge in [-0.25, -0.2) is 12.7 Å². The van der Waals surface area contributed by atoms with Crippen LogP contribution in [-0.2, 0) is 10.0 Å². The maximum Gasteiger partial charge on any atom is 0.217 e. The third kappa shape index (κ3) is 1.70. The van der Waals surface area contributed by atoms with Crippen LogP contribution in [0.5, 0.6) is 0 Å². The highest BCUT2D eigenvalue weighted by Gasteiger charge is 2.44. The number of sulfonamides is 1. The van der Waals surface area contributed by atoms with Crippen LogP contribution in [0, 0.1) is 0 Å². The Morgan fingerprint density at radius 2 is 1.92 bits per heavy atom. The Hall–Kier alpha value is 0.870. The predicted octanol–water partition coefficient (Wildman–Crippen LogP) is 1.32. The molecule has 0 aliphatic carbocycles. The molecule has 3 nitrogen and oxygen atoms in total. The molecule has 76 valence electrons. The maximum atomic E-state index is 11.8. The second kappa shape index (κ2) is 3.47. The van der Waals surface area contributed by atoms with E-state index in [4.69, 9.17) is 0 Å². The summed E-state index contributed by atoms with van der Waals surface area (Å²) in [4.78, 5) is 0.519. The van der Waals surface area contributed by atoms with Crippen molar-refractivity contribution in [2.75, 3.05) is 13.1 Å². The Morgan fingerprint density at radius 3 is 2.62 bits per heavy atom. The number of fused-ring (bicyclic) bond motifs is 2. The first-order chi connectivity index (χ1) is 6.01.